The maximum atomic E-state index is 11.9. The Bertz CT molecular complexity index is 503. The summed E-state index contributed by atoms with van der Waals surface area (Å²) in [6.07, 6.45) is 0. The fourth-order valence-electron chi connectivity index (χ4n) is 1.79. The minimum absolute atomic E-state index is 0. The Kier molecular flexibility index (Phi) is 9.21. The van der Waals surface area contributed by atoms with E-state index in [4.69, 9.17) is 9.47 Å². The maximum absolute atomic E-state index is 11.9. The SMILES string of the molecule is CCN(CC)CCOC(=O)c1cc(OC(C)=O)ccc1O.Cl. The van der Waals surface area contributed by atoms with Gasteiger partial charge in [-0.05, 0) is 31.3 Å². The molecular formula is C15H22ClNO5. The van der Waals surface area contributed by atoms with Gasteiger partial charge in [0.15, 0.2) is 0 Å². The molecule has 1 rings (SSSR count). The van der Waals surface area contributed by atoms with E-state index in [1.54, 1.807) is 0 Å². The molecule has 0 radical (unpaired) electrons. The Morgan fingerprint density at radius 1 is 1.23 bits per heavy atom. The molecule has 0 atom stereocenters. The largest absolute Gasteiger partial charge is 0.507 e. The molecule has 7 heteroatoms. The Balaban J connectivity index is 0.00000441. The molecule has 0 bridgehead atoms. The molecule has 0 saturated heterocycles. The normalized spacial score (nSPS) is 10.0. The van der Waals surface area contributed by atoms with Crippen LogP contribution in [0.4, 0.5) is 0 Å². The number of halogens is 1. The lowest BCUT2D eigenvalue weighted by atomic mass is 10.2. The average Bonchev–Trinajstić information content (AvgIpc) is 2.45. The van der Waals surface area contributed by atoms with Crippen molar-refractivity contribution in [2.24, 2.45) is 0 Å². The molecule has 0 fully saturated rings. The van der Waals surface area contributed by atoms with Crippen molar-refractivity contribution in [1.82, 2.24) is 4.90 Å². The molecule has 0 aliphatic heterocycles. The second-order valence-corrected chi connectivity index (χ2v) is 4.44. The first-order valence-corrected chi connectivity index (χ1v) is 6.88. The molecule has 6 nitrogen and oxygen atoms in total. The van der Waals surface area contributed by atoms with Crippen molar-refractivity contribution in [3.8, 4) is 11.5 Å². The van der Waals surface area contributed by atoms with Crippen molar-refractivity contribution in [2.45, 2.75) is 20.8 Å². The third-order valence-electron chi connectivity index (χ3n) is 2.98. The average molecular weight is 332 g/mol. The van der Waals surface area contributed by atoms with E-state index in [1.807, 2.05) is 13.8 Å². The molecule has 1 aromatic carbocycles. The zero-order chi connectivity index (χ0) is 15.8. The maximum Gasteiger partial charge on any atom is 0.342 e. The van der Waals surface area contributed by atoms with Crippen LogP contribution in [0.3, 0.4) is 0 Å². The van der Waals surface area contributed by atoms with Gasteiger partial charge in [0, 0.05) is 13.5 Å². The molecule has 0 aromatic heterocycles. The van der Waals surface area contributed by atoms with Gasteiger partial charge in [-0.15, -0.1) is 12.4 Å². The Morgan fingerprint density at radius 2 is 1.86 bits per heavy atom. The first-order valence-electron chi connectivity index (χ1n) is 6.88. The molecule has 1 N–H and O–H groups in total. The highest BCUT2D eigenvalue weighted by molar-refractivity contribution is 5.93. The number of hydrogen-bond donors (Lipinski definition) is 1. The smallest absolute Gasteiger partial charge is 0.342 e. The number of likely N-dealkylation sites (N-methyl/N-ethyl adjacent to an activating group) is 1. The van der Waals surface area contributed by atoms with Crippen LogP contribution in [-0.2, 0) is 9.53 Å². The zero-order valence-corrected chi connectivity index (χ0v) is 13.8. The van der Waals surface area contributed by atoms with Crippen molar-refractivity contribution in [2.75, 3.05) is 26.2 Å². The standard InChI is InChI=1S/C15H21NO5.ClH/c1-4-16(5-2)8-9-20-15(19)13-10-12(21-11(3)17)6-7-14(13)18;/h6-7,10,18H,4-5,8-9H2,1-3H3;1H. The Morgan fingerprint density at radius 3 is 2.41 bits per heavy atom. The second-order valence-electron chi connectivity index (χ2n) is 4.44. The van der Waals surface area contributed by atoms with Crippen LogP contribution in [0.25, 0.3) is 0 Å². The molecule has 0 aliphatic rings. The van der Waals surface area contributed by atoms with Gasteiger partial charge in [0.25, 0.3) is 0 Å². The van der Waals surface area contributed by atoms with Crippen LogP contribution in [0.2, 0.25) is 0 Å². The first kappa shape index (κ1) is 20.2. The van der Waals surface area contributed by atoms with Gasteiger partial charge in [-0.2, -0.15) is 0 Å². The predicted octanol–water partition coefficient (Wildman–Crippen LogP) is 2.24. The minimum atomic E-state index is -0.645. The number of ether oxygens (including phenoxy) is 2. The van der Waals surface area contributed by atoms with Crippen molar-refractivity contribution in [1.29, 1.82) is 0 Å². The summed E-state index contributed by atoms with van der Waals surface area (Å²) in [5.74, 6) is -1.16. The lowest BCUT2D eigenvalue weighted by Crippen LogP contribution is -2.27. The van der Waals surface area contributed by atoms with Crippen LogP contribution in [0.15, 0.2) is 18.2 Å². The van der Waals surface area contributed by atoms with E-state index in [9.17, 15) is 14.7 Å². The number of aromatic hydroxyl groups is 1. The number of benzene rings is 1. The van der Waals surface area contributed by atoms with E-state index in [0.717, 1.165) is 13.1 Å². The number of carbonyl (C=O) groups is 2. The molecule has 0 saturated carbocycles. The Hall–Kier alpha value is -1.79. The van der Waals surface area contributed by atoms with E-state index in [2.05, 4.69) is 4.90 Å². The van der Waals surface area contributed by atoms with Gasteiger partial charge < -0.3 is 19.5 Å². The number of phenols is 1. The zero-order valence-electron chi connectivity index (χ0n) is 13.0. The topological polar surface area (TPSA) is 76.1 Å². The summed E-state index contributed by atoms with van der Waals surface area (Å²) >= 11 is 0. The highest BCUT2D eigenvalue weighted by atomic mass is 35.5. The van der Waals surface area contributed by atoms with Gasteiger partial charge in [0.05, 0.1) is 0 Å². The molecule has 0 unspecified atom stereocenters. The predicted molar refractivity (Wildman–Crippen MR) is 84.7 cm³/mol. The molecule has 0 spiro atoms. The summed E-state index contributed by atoms with van der Waals surface area (Å²) in [5, 5.41) is 9.69. The molecule has 0 aliphatic carbocycles. The third kappa shape index (κ3) is 6.32. The summed E-state index contributed by atoms with van der Waals surface area (Å²) in [7, 11) is 0. The number of phenolic OH excluding ortho intramolecular Hbond substituents is 1. The van der Waals surface area contributed by atoms with Crippen molar-refractivity contribution in [3.05, 3.63) is 23.8 Å². The quantitative estimate of drug-likeness (QED) is 0.610. The van der Waals surface area contributed by atoms with E-state index in [0.29, 0.717) is 6.54 Å². The number of nitrogens with zero attached hydrogens (tertiary/aromatic N) is 1. The first-order chi connectivity index (χ1) is 9.97. The van der Waals surface area contributed by atoms with Crippen LogP contribution in [0, 0.1) is 0 Å². The van der Waals surface area contributed by atoms with Crippen LogP contribution in [0.5, 0.6) is 11.5 Å². The molecule has 0 heterocycles. The summed E-state index contributed by atoms with van der Waals surface area (Å²) in [5.41, 5.74) is -0.0201. The lowest BCUT2D eigenvalue weighted by Gasteiger charge is -2.17. The van der Waals surface area contributed by atoms with Crippen LogP contribution in [-0.4, -0.2) is 48.2 Å². The summed E-state index contributed by atoms with van der Waals surface area (Å²) in [6, 6.07) is 3.99. The summed E-state index contributed by atoms with van der Waals surface area (Å²) in [4.78, 5) is 24.9. The fraction of sp³-hybridized carbons (Fsp3) is 0.467. The monoisotopic (exact) mass is 331 g/mol. The van der Waals surface area contributed by atoms with Crippen molar-refractivity contribution in [3.63, 3.8) is 0 Å². The number of esters is 2. The molecule has 1 aromatic rings. The Labute approximate surface area is 136 Å². The van der Waals surface area contributed by atoms with E-state index in [1.165, 1.54) is 25.1 Å². The van der Waals surface area contributed by atoms with Gasteiger partial charge >= 0.3 is 11.9 Å². The van der Waals surface area contributed by atoms with Gasteiger partial charge in [0.2, 0.25) is 0 Å². The highest BCUT2D eigenvalue weighted by Crippen LogP contribution is 2.23. The van der Waals surface area contributed by atoms with Crippen molar-refractivity contribution < 1.29 is 24.2 Å². The molecule has 22 heavy (non-hydrogen) atoms. The van der Waals surface area contributed by atoms with Gasteiger partial charge in [-0.3, -0.25) is 4.79 Å². The van der Waals surface area contributed by atoms with Gasteiger partial charge in [-0.25, -0.2) is 4.79 Å². The molecule has 0 amide bonds. The fourth-order valence-corrected chi connectivity index (χ4v) is 1.79. The summed E-state index contributed by atoms with van der Waals surface area (Å²) < 4.78 is 9.99. The van der Waals surface area contributed by atoms with Crippen LogP contribution >= 0.6 is 12.4 Å². The van der Waals surface area contributed by atoms with Crippen LogP contribution < -0.4 is 4.74 Å². The second kappa shape index (κ2) is 10.0. The van der Waals surface area contributed by atoms with E-state index in [-0.39, 0.29) is 36.1 Å². The van der Waals surface area contributed by atoms with Crippen molar-refractivity contribution >= 4 is 24.3 Å². The third-order valence-corrected chi connectivity index (χ3v) is 2.98. The molecular weight excluding hydrogens is 310 g/mol. The lowest BCUT2D eigenvalue weighted by molar-refractivity contribution is -0.131. The highest BCUT2D eigenvalue weighted by Gasteiger charge is 2.15. The number of hydrogen-bond acceptors (Lipinski definition) is 6. The summed E-state index contributed by atoms with van der Waals surface area (Å²) in [6.45, 7) is 7.93. The minimum Gasteiger partial charge on any atom is -0.507 e. The molecule has 124 valence electrons. The van der Waals surface area contributed by atoms with E-state index >= 15 is 0 Å². The number of rotatable bonds is 7. The number of carbonyl (C=O) groups excluding carboxylic acids is 2. The van der Waals surface area contributed by atoms with Crippen LogP contribution in [0.1, 0.15) is 31.1 Å². The van der Waals surface area contributed by atoms with E-state index < -0.39 is 11.9 Å². The van der Waals surface area contributed by atoms with Gasteiger partial charge in [-0.1, -0.05) is 13.8 Å². The van der Waals surface area contributed by atoms with Gasteiger partial charge in [0.1, 0.15) is 23.7 Å².